The van der Waals surface area contributed by atoms with E-state index >= 15 is 0 Å². The fraction of sp³-hybridized carbons (Fsp3) is 0.444. The average molecular weight is 326 g/mol. The van der Waals surface area contributed by atoms with Crippen LogP contribution in [0.5, 0.6) is 0 Å². The quantitative estimate of drug-likeness (QED) is 0.874. The number of likely N-dealkylation sites (tertiary alicyclic amines) is 1. The zero-order valence-electron chi connectivity index (χ0n) is 14.2. The molecule has 2 aromatic rings. The van der Waals surface area contributed by atoms with E-state index in [9.17, 15) is 0 Å². The zero-order chi connectivity index (χ0) is 16.9. The van der Waals surface area contributed by atoms with Crippen LogP contribution in [0.4, 0.5) is 17.6 Å². The van der Waals surface area contributed by atoms with Gasteiger partial charge in [0.15, 0.2) is 0 Å². The maximum atomic E-state index is 5.76. The SMILES string of the molecule is CN(CC1CCN(Cc2ccccc2)CC1)c1cc(N)nc(N)n1. The molecule has 1 aliphatic rings. The molecule has 0 radical (unpaired) electrons. The second-order valence-corrected chi connectivity index (χ2v) is 6.59. The lowest BCUT2D eigenvalue weighted by atomic mass is 9.96. The summed E-state index contributed by atoms with van der Waals surface area (Å²) in [6, 6.07) is 12.5. The first-order valence-corrected chi connectivity index (χ1v) is 8.47. The fourth-order valence-electron chi connectivity index (χ4n) is 3.32. The molecule has 0 saturated carbocycles. The van der Waals surface area contributed by atoms with Gasteiger partial charge in [0.2, 0.25) is 5.95 Å². The van der Waals surface area contributed by atoms with Crippen molar-refractivity contribution in [2.45, 2.75) is 19.4 Å². The number of rotatable bonds is 5. The summed E-state index contributed by atoms with van der Waals surface area (Å²) in [6.07, 6.45) is 2.40. The zero-order valence-corrected chi connectivity index (χ0v) is 14.2. The summed E-state index contributed by atoms with van der Waals surface area (Å²) in [7, 11) is 2.04. The molecular formula is C18H26N6. The third kappa shape index (κ3) is 4.35. The Kier molecular flexibility index (Phi) is 5.15. The Balaban J connectivity index is 1.50. The van der Waals surface area contributed by atoms with Gasteiger partial charge in [-0.25, -0.2) is 0 Å². The second kappa shape index (κ2) is 7.49. The Morgan fingerprint density at radius 3 is 2.50 bits per heavy atom. The smallest absolute Gasteiger partial charge is 0.223 e. The molecule has 0 atom stereocenters. The van der Waals surface area contributed by atoms with E-state index in [0.29, 0.717) is 11.7 Å². The van der Waals surface area contributed by atoms with Crippen LogP contribution < -0.4 is 16.4 Å². The summed E-state index contributed by atoms with van der Waals surface area (Å²) in [5.41, 5.74) is 12.8. The molecule has 24 heavy (non-hydrogen) atoms. The summed E-state index contributed by atoms with van der Waals surface area (Å²) < 4.78 is 0. The fourth-order valence-corrected chi connectivity index (χ4v) is 3.32. The van der Waals surface area contributed by atoms with Crippen molar-refractivity contribution in [3.8, 4) is 0 Å². The highest BCUT2D eigenvalue weighted by Crippen LogP contribution is 2.22. The van der Waals surface area contributed by atoms with Crippen LogP contribution in [0.25, 0.3) is 0 Å². The van der Waals surface area contributed by atoms with Crippen molar-refractivity contribution in [3.05, 3.63) is 42.0 Å². The van der Waals surface area contributed by atoms with Crippen LogP contribution in [-0.2, 0) is 6.54 Å². The summed E-state index contributed by atoms with van der Waals surface area (Å²) in [4.78, 5) is 12.9. The second-order valence-electron chi connectivity index (χ2n) is 6.59. The van der Waals surface area contributed by atoms with Gasteiger partial charge in [0.25, 0.3) is 0 Å². The minimum absolute atomic E-state index is 0.231. The molecule has 0 spiro atoms. The Morgan fingerprint density at radius 2 is 1.83 bits per heavy atom. The lowest BCUT2D eigenvalue weighted by Crippen LogP contribution is -2.37. The van der Waals surface area contributed by atoms with Gasteiger partial charge in [0, 0.05) is 26.2 Å². The molecule has 1 aliphatic heterocycles. The van der Waals surface area contributed by atoms with E-state index in [4.69, 9.17) is 11.5 Å². The predicted molar refractivity (Wildman–Crippen MR) is 98.6 cm³/mol. The summed E-state index contributed by atoms with van der Waals surface area (Å²) in [5, 5.41) is 0. The molecule has 1 fully saturated rings. The average Bonchev–Trinajstić information content (AvgIpc) is 2.57. The number of hydrogen-bond donors (Lipinski definition) is 2. The van der Waals surface area contributed by atoms with E-state index in [1.54, 1.807) is 6.07 Å². The largest absolute Gasteiger partial charge is 0.383 e. The van der Waals surface area contributed by atoms with E-state index in [1.165, 1.54) is 18.4 Å². The van der Waals surface area contributed by atoms with Crippen molar-refractivity contribution in [1.29, 1.82) is 0 Å². The minimum Gasteiger partial charge on any atom is -0.383 e. The number of anilines is 3. The number of hydrogen-bond acceptors (Lipinski definition) is 6. The van der Waals surface area contributed by atoms with E-state index in [-0.39, 0.29) is 5.95 Å². The lowest BCUT2D eigenvalue weighted by molar-refractivity contribution is 0.179. The van der Waals surface area contributed by atoms with Gasteiger partial charge in [-0.1, -0.05) is 30.3 Å². The standard InChI is InChI=1S/C18H26N6/c1-23(17-11-16(19)21-18(20)22-17)12-15-7-9-24(10-8-15)13-14-5-3-2-4-6-14/h2-6,11,15H,7-10,12-13H2,1H3,(H4,19,20,21,22). The summed E-state index contributed by atoms with van der Waals surface area (Å²) >= 11 is 0. The topological polar surface area (TPSA) is 84.3 Å². The van der Waals surface area contributed by atoms with E-state index in [0.717, 1.165) is 32.0 Å². The first-order valence-electron chi connectivity index (χ1n) is 8.47. The monoisotopic (exact) mass is 326 g/mol. The van der Waals surface area contributed by atoms with Crippen molar-refractivity contribution in [2.75, 3.05) is 43.0 Å². The molecule has 4 N–H and O–H groups in total. The highest BCUT2D eigenvalue weighted by Gasteiger charge is 2.21. The van der Waals surface area contributed by atoms with Gasteiger partial charge in [-0.3, -0.25) is 4.90 Å². The van der Waals surface area contributed by atoms with Crippen LogP contribution in [0.15, 0.2) is 36.4 Å². The highest BCUT2D eigenvalue weighted by molar-refractivity contribution is 5.49. The molecule has 128 valence electrons. The first kappa shape index (κ1) is 16.5. The maximum Gasteiger partial charge on any atom is 0.223 e. The Bertz CT molecular complexity index is 632. The molecule has 1 saturated heterocycles. The van der Waals surface area contributed by atoms with Crippen LogP contribution in [0.1, 0.15) is 18.4 Å². The molecule has 6 nitrogen and oxygen atoms in total. The van der Waals surface area contributed by atoms with Crippen molar-refractivity contribution in [2.24, 2.45) is 5.92 Å². The molecule has 0 bridgehead atoms. The number of aromatic nitrogens is 2. The normalized spacial score (nSPS) is 16.2. The molecule has 6 heteroatoms. The van der Waals surface area contributed by atoms with Gasteiger partial charge in [-0.15, -0.1) is 0 Å². The molecule has 0 amide bonds. The summed E-state index contributed by atoms with van der Waals surface area (Å²) in [5.74, 6) is 2.11. The third-order valence-electron chi connectivity index (χ3n) is 4.63. The van der Waals surface area contributed by atoms with Gasteiger partial charge in [0.05, 0.1) is 0 Å². The molecule has 3 rings (SSSR count). The number of nitrogens with zero attached hydrogens (tertiary/aromatic N) is 4. The lowest BCUT2D eigenvalue weighted by Gasteiger charge is -2.34. The summed E-state index contributed by atoms with van der Waals surface area (Å²) in [6.45, 7) is 4.29. The Morgan fingerprint density at radius 1 is 1.12 bits per heavy atom. The molecule has 0 unspecified atom stereocenters. The Hall–Kier alpha value is -2.34. The highest BCUT2D eigenvalue weighted by atomic mass is 15.2. The van der Waals surface area contributed by atoms with Crippen molar-refractivity contribution >= 4 is 17.6 Å². The van der Waals surface area contributed by atoms with Gasteiger partial charge in [-0.05, 0) is 37.4 Å². The van der Waals surface area contributed by atoms with Crippen LogP contribution in [0.2, 0.25) is 0 Å². The third-order valence-corrected chi connectivity index (χ3v) is 4.63. The van der Waals surface area contributed by atoms with Crippen LogP contribution in [0.3, 0.4) is 0 Å². The van der Waals surface area contributed by atoms with Crippen LogP contribution in [0, 0.1) is 5.92 Å². The van der Waals surface area contributed by atoms with Crippen molar-refractivity contribution in [3.63, 3.8) is 0 Å². The van der Waals surface area contributed by atoms with Crippen molar-refractivity contribution < 1.29 is 0 Å². The molecular weight excluding hydrogens is 300 g/mol. The number of piperidine rings is 1. The van der Waals surface area contributed by atoms with E-state index < -0.39 is 0 Å². The molecule has 1 aromatic heterocycles. The van der Waals surface area contributed by atoms with Crippen LogP contribution >= 0.6 is 0 Å². The van der Waals surface area contributed by atoms with Crippen molar-refractivity contribution in [1.82, 2.24) is 14.9 Å². The van der Waals surface area contributed by atoms with E-state index in [1.807, 2.05) is 7.05 Å². The molecule has 2 heterocycles. The van der Waals surface area contributed by atoms with Crippen LogP contribution in [-0.4, -0.2) is 41.5 Å². The van der Waals surface area contributed by atoms with Gasteiger partial charge in [0.1, 0.15) is 11.6 Å². The first-order chi connectivity index (χ1) is 11.6. The molecule has 1 aromatic carbocycles. The van der Waals surface area contributed by atoms with Gasteiger partial charge >= 0.3 is 0 Å². The maximum absolute atomic E-state index is 5.76. The van der Waals surface area contributed by atoms with Gasteiger partial charge < -0.3 is 16.4 Å². The van der Waals surface area contributed by atoms with Gasteiger partial charge in [-0.2, -0.15) is 9.97 Å². The predicted octanol–water partition coefficient (Wildman–Crippen LogP) is 1.99. The van der Waals surface area contributed by atoms with E-state index in [2.05, 4.69) is 50.1 Å². The molecule has 0 aliphatic carbocycles. The number of benzene rings is 1. The Labute approximate surface area is 143 Å². The minimum atomic E-state index is 0.231. The number of nitrogens with two attached hydrogens (primary N) is 2. The number of nitrogen functional groups attached to an aromatic ring is 2.